The summed E-state index contributed by atoms with van der Waals surface area (Å²) in [4.78, 5) is 16.3. The van der Waals surface area contributed by atoms with Crippen LogP contribution < -0.4 is 10.9 Å². The number of rotatable bonds is 1. The van der Waals surface area contributed by atoms with Crippen LogP contribution in [0.5, 0.6) is 0 Å². The van der Waals surface area contributed by atoms with Gasteiger partial charge in [0.2, 0.25) is 0 Å². The summed E-state index contributed by atoms with van der Waals surface area (Å²) in [6.45, 7) is 1.52. The summed E-state index contributed by atoms with van der Waals surface area (Å²) in [5.41, 5.74) is -1.57. The standard InChI is InChI=1S/C14H14F3N3O/c15-14(16,17)11-5-1-4-10-12(11)19-8-20(13(10)21)9-3-2-6-18-7-9/h1,4-5,8-9,18H,2-3,6-7H2. The molecule has 0 aliphatic carbocycles. The molecule has 3 rings (SSSR count). The molecule has 1 fully saturated rings. The quantitative estimate of drug-likeness (QED) is 0.879. The Kier molecular flexibility index (Phi) is 3.44. The number of nitrogens with one attached hydrogen (secondary N) is 1. The van der Waals surface area contributed by atoms with Crippen LogP contribution in [0.3, 0.4) is 0 Å². The second kappa shape index (κ2) is 5.14. The minimum Gasteiger partial charge on any atom is -0.315 e. The van der Waals surface area contributed by atoms with E-state index >= 15 is 0 Å². The number of alkyl halides is 3. The maximum absolute atomic E-state index is 12.9. The van der Waals surface area contributed by atoms with Gasteiger partial charge in [-0.2, -0.15) is 13.2 Å². The van der Waals surface area contributed by atoms with Gasteiger partial charge < -0.3 is 5.32 Å². The minimum atomic E-state index is -4.52. The number of hydrogen-bond donors (Lipinski definition) is 1. The van der Waals surface area contributed by atoms with Gasteiger partial charge in [0.15, 0.2) is 0 Å². The molecule has 4 nitrogen and oxygen atoms in total. The van der Waals surface area contributed by atoms with E-state index < -0.39 is 17.3 Å². The van der Waals surface area contributed by atoms with Crippen molar-refractivity contribution in [2.75, 3.05) is 13.1 Å². The Hall–Kier alpha value is -1.89. The van der Waals surface area contributed by atoms with E-state index in [9.17, 15) is 18.0 Å². The lowest BCUT2D eigenvalue weighted by Gasteiger charge is -2.24. The van der Waals surface area contributed by atoms with Crippen molar-refractivity contribution in [3.63, 3.8) is 0 Å². The number of aromatic nitrogens is 2. The van der Waals surface area contributed by atoms with E-state index in [2.05, 4.69) is 10.3 Å². The molecule has 1 N–H and O–H groups in total. The first kappa shape index (κ1) is 14.1. The Morgan fingerprint density at radius 1 is 1.33 bits per heavy atom. The molecule has 21 heavy (non-hydrogen) atoms. The van der Waals surface area contributed by atoms with Crippen molar-refractivity contribution in [3.05, 3.63) is 40.4 Å². The Bertz CT molecular complexity index is 717. The first-order chi connectivity index (χ1) is 9.98. The average Bonchev–Trinajstić information content (AvgIpc) is 2.47. The van der Waals surface area contributed by atoms with Crippen molar-refractivity contribution in [3.8, 4) is 0 Å². The van der Waals surface area contributed by atoms with Gasteiger partial charge in [0.25, 0.3) is 5.56 Å². The molecule has 0 radical (unpaired) electrons. The van der Waals surface area contributed by atoms with Crippen LogP contribution >= 0.6 is 0 Å². The molecule has 1 aromatic carbocycles. The van der Waals surface area contributed by atoms with Crippen LogP contribution in [0.15, 0.2) is 29.3 Å². The van der Waals surface area contributed by atoms with Crippen LogP contribution in [0, 0.1) is 0 Å². The number of halogens is 3. The number of benzene rings is 1. The molecule has 2 aromatic rings. The maximum Gasteiger partial charge on any atom is 0.418 e. The predicted octanol–water partition coefficient (Wildman–Crippen LogP) is 2.34. The Morgan fingerprint density at radius 2 is 2.14 bits per heavy atom. The van der Waals surface area contributed by atoms with Crippen molar-refractivity contribution in [1.82, 2.24) is 14.9 Å². The van der Waals surface area contributed by atoms with Gasteiger partial charge in [-0.05, 0) is 31.5 Å². The van der Waals surface area contributed by atoms with Crippen molar-refractivity contribution in [2.45, 2.75) is 25.1 Å². The molecule has 0 bridgehead atoms. The maximum atomic E-state index is 12.9. The van der Waals surface area contributed by atoms with Crippen molar-refractivity contribution in [2.24, 2.45) is 0 Å². The zero-order valence-electron chi connectivity index (χ0n) is 11.2. The van der Waals surface area contributed by atoms with Gasteiger partial charge in [-0.25, -0.2) is 4.98 Å². The lowest BCUT2D eigenvalue weighted by Crippen LogP contribution is -2.36. The molecule has 0 spiro atoms. The highest BCUT2D eigenvalue weighted by Crippen LogP contribution is 2.33. The van der Waals surface area contributed by atoms with E-state index in [1.54, 1.807) is 0 Å². The van der Waals surface area contributed by atoms with Crippen molar-refractivity contribution < 1.29 is 13.2 Å². The van der Waals surface area contributed by atoms with Crippen LogP contribution in [0.1, 0.15) is 24.4 Å². The molecule has 1 unspecified atom stereocenters. The smallest absolute Gasteiger partial charge is 0.315 e. The summed E-state index contributed by atoms with van der Waals surface area (Å²) in [5.74, 6) is 0. The molecule has 1 atom stereocenters. The molecular weight excluding hydrogens is 283 g/mol. The number of nitrogens with zero attached hydrogens (tertiary/aromatic N) is 2. The first-order valence-corrected chi connectivity index (χ1v) is 6.76. The van der Waals surface area contributed by atoms with Gasteiger partial charge in [-0.15, -0.1) is 0 Å². The SMILES string of the molecule is O=c1c2cccc(C(F)(F)F)c2ncn1C1CCCNC1. The second-order valence-corrected chi connectivity index (χ2v) is 5.16. The van der Waals surface area contributed by atoms with E-state index in [-0.39, 0.29) is 16.9 Å². The van der Waals surface area contributed by atoms with E-state index in [0.717, 1.165) is 25.5 Å². The third-order valence-corrected chi connectivity index (χ3v) is 3.78. The summed E-state index contributed by atoms with van der Waals surface area (Å²) in [7, 11) is 0. The minimum absolute atomic E-state index is 0.0119. The molecule has 112 valence electrons. The first-order valence-electron chi connectivity index (χ1n) is 6.76. The summed E-state index contributed by atoms with van der Waals surface area (Å²) >= 11 is 0. The van der Waals surface area contributed by atoms with E-state index in [4.69, 9.17) is 0 Å². The van der Waals surface area contributed by atoms with Crippen LogP contribution in [0.4, 0.5) is 13.2 Å². The highest BCUT2D eigenvalue weighted by molar-refractivity contribution is 5.81. The Balaban J connectivity index is 2.16. The normalized spacial score (nSPS) is 19.9. The zero-order valence-corrected chi connectivity index (χ0v) is 11.2. The van der Waals surface area contributed by atoms with Gasteiger partial charge in [0.1, 0.15) is 0 Å². The number of hydrogen-bond acceptors (Lipinski definition) is 3. The van der Waals surface area contributed by atoms with Gasteiger partial charge in [-0.1, -0.05) is 6.07 Å². The number of piperidine rings is 1. The third-order valence-electron chi connectivity index (χ3n) is 3.78. The Morgan fingerprint density at radius 3 is 2.81 bits per heavy atom. The summed E-state index contributed by atoms with van der Waals surface area (Å²) in [6.07, 6.45) is -1.54. The molecule has 7 heteroatoms. The van der Waals surface area contributed by atoms with Crippen LogP contribution in [-0.2, 0) is 6.18 Å². The molecule has 0 amide bonds. The summed E-state index contributed by atoms with van der Waals surface area (Å²) in [5, 5.41) is 3.19. The molecular formula is C14H14F3N3O. The largest absolute Gasteiger partial charge is 0.418 e. The van der Waals surface area contributed by atoms with Gasteiger partial charge in [0.05, 0.1) is 28.8 Å². The summed E-state index contributed by atoms with van der Waals surface area (Å²) < 4.78 is 40.3. The highest BCUT2D eigenvalue weighted by atomic mass is 19.4. The van der Waals surface area contributed by atoms with Crippen LogP contribution in [0.25, 0.3) is 10.9 Å². The molecule has 0 saturated carbocycles. The Labute approximate surface area is 118 Å². The molecule has 1 aromatic heterocycles. The fourth-order valence-corrected chi connectivity index (χ4v) is 2.73. The van der Waals surface area contributed by atoms with Crippen LogP contribution in [0.2, 0.25) is 0 Å². The molecule has 2 heterocycles. The summed E-state index contributed by atoms with van der Waals surface area (Å²) in [6, 6.07) is 3.53. The van der Waals surface area contributed by atoms with E-state index in [1.807, 2.05) is 0 Å². The highest BCUT2D eigenvalue weighted by Gasteiger charge is 2.33. The van der Waals surface area contributed by atoms with Crippen molar-refractivity contribution >= 4 is 10.9 Å². The topological polar surface area (TPSA) is 46.9 Å². The number of para-hydroxylation sites is 1. The molecule has 1 aliphatic heterocycles. The predicted molar refractivity (Wildman–Crippen MR) is 72.1 cm³/mol. The number of fused-ring (bicyclic) bond motifs is 1. The van der Waals surface area contributed by atoms with Gasteiger partial charge in [0, 0.05) is 6.54 Å². The second-order valence-electron chi connectivity index (χ2n) is 5.16. The monoisotopic (exact) mass is 297 g/mol. The average molecular weight is 297 g/mol. The van der Waals surface area contributed by atoms with Gasteiger partial charge in [-0.3, -0.25) is 9.36 Å². The molecule has 1 aliphatic rings. The lowest BCUT2D eigenvalue weighted by molar-refractivity contribution is -0.136. The zero-order chi connectivity index (χ0) is 15.0. The van der Waals surface area contributed by atoms with E-state index in [0.29, 0.717) is 6.54 Å². The van der Waals surface area contributed by atoms with Crippen LogP contribution in [-0.4, -0.2) is 22.6 Å². The fourth-order valence-electron chi connectivity index (χ4n) is 2.73. The third kappa shape index (κ3) is 2.53. The lowest BCUT2D eigenvalue weighted by atomic mass is 10.1. The van der Waals surface area contributed by atoms with Gasteiger partial charge >= 0.3 is 6.18 Å². The fraction of sp³-hybridized carbons (Fsp3) is 0.429. The van der Waals surface area contributed by atoms with Crippen molar-refractivity contribution in [1.29, 1.82) is 0 Å². The molecule has 1 saturated heterocycles. The van der Waals surface area contributed by atoms with E-state index in [1.165, 1.54) is 23.0 Å².